The number of hydrogen-bond acceptors (Lipinski definition) is 0. The molecule has 0 saturated heterocycles. The van der Waals surface area contributed by atoms with Crippen molar-refractivity contribution in [1.82, 2.24) is 0 Å². The summed E-state index contributed by atoms with van der Waals surface area (Å²) in [6.07, 6.45) is 25.9. The summed E-state index contributed by atoms with van der Waals surface area (Å²) in [7, 11) is 0. The highest BCUT2D eigenvalue weighted by molar-refractivity contribution is 5.08. The van der Waals surface area contributed by atoms with Gasteiger partial charge < -0.3 is 0 Å². The van der Waals surface area contributed by atoms with E-state index >= 15 is 0 Å². The molecule has 0 bridgehead atoms. The topological polar surface area (TPSA) is 0 Å². The van der Waals surface area contributed by atoms with Gasteiger partial charge in [0.25, 0.3) is 0 Å². The molecular weight excluding hydrogens is 360 g/mol. The fraction of sp³-hybridized carbons (Fsp3) is 0.933. The molecule has 8 unspecified atom stereocenters. The van der Waals surface area contributed by atoms with Gasteiger partial charge in [0.05, 0.1) is 0 Å². The molecule has 0 aromatic carbocycles. The Bertz CT molecular complexity index is 591. The standard InChI is InChI=1S/C30H52/c1-6-18-28(3,19-7-2)20-10-12-24-14-16-26-25-15-13-23-11-8-9-21-29(23,4)27(25)17-22-30(24,26)5/h6,23-27H,1,7-22H2,2-5H3. The molecule has 0 aromatic heterocycles. The molecule has 0 heterocycles. The summed E-state index contributed by atoms with van der Waals surface area (Å²) in [6.45, 7) is 14.4. The molecule has 4 saturated carbocycles. The highest BCUT2D eigenvalue weighted by atomic mass is 14.6. The van der Waals surface area contributed by atoms with Gasteiger partial charge in [-0.2, -0.15) is 0 Å². The Hall–Kier alpha value is -0.260. The minimum Gasteiger partial charge on any atom is -0.103 e. The third kappa shape index (κ3) is 3.96. The average Bonchev–Trinajstić information content (AvgIpc) is 3.04. The molecule has 4 rings (SSSR count). The van der Waals surface area contributed by atoms with Crippen LogP contribution in [0.4, 0.5) is 0 Å². The predicted molar refractivity (Wildman–Crippen MR) is 132 cm³/mol. The summed E-state index contributed by atoms with van der Waals surface area (Å²) >= 11 is 0. The lowest BCUT2D eigenvalue weighted by atomic mass is 9.45. The smallest absolute Gasteiger partial charge is 0.0266 e. The van der Waals surface area contributed by atoms with Gasteiger partial charge in [0.2, 0.25) is 0 Å². The molecule has 172 valence electrons. The van der Waals surface area contributed by atoms with E-state index in [1.165, 1.54) is 57.8 Å². The summed E-state index contributed by atoms with van der Waals surface area (Å²) in [4.78, 5) is 0. The molecule has 0 nitrogen and oxygen atoms in total. The fourth-order valence-corrected chi connectivity index (χ4v) is 9.93. The van der Waals surface area contributed by atoms with Crippen molar-refractivity contribution in [2.45, 2.75) is 130 Å². The predicted octanol–water partition coefficient (Wildman–Crippen LogP) is 9.59. The van der Waals surface area contributed by atoms with Crippen LogP contribution in [-0.2, 0) is 0 Å². The molecule has 0 aromatic rings. The van der Waals surface area contributed by atoms with Crippen molar-refractivity contribution >= 4 is 0 Å². The van der Waals surface area contributed by atoms with Crippen molar-refractivity contribution < 1.29 is 0 Å². The zero-order valence-corrected chi connectivity index (χ0v) is 21.0. The highest BCUT2D eigenvalue weighted by Crippen LogP contribution is 2.68. The fourth-order valence-electron chi connectivity index (χ4n) is 9.93. The van der Waals surface area contributed by atoms with E-state index in [2.05, 4.69) is 40.3 Å². The Morgan fingerprint density at radius 3 is 2.47 bits per heavy atom. The Morgan fingerprint density at radius 2 is 1.70 bits per heavy atom. The maximum atomic E-state index is 4.05. The maximum absolute atomic E-state index is 4.05. The lowest BCUT2D eigenvalue weighted by Gasteiger charge is -2.60. The van der Waals surface area contributed by atoms with Gasteiger partial charge in [-0.15, -0.1) is 6.58 Å². The monoisotopic (exact) mass is 412 g/mol. The number of fused-ring (bicyclic) bond motifs is 5. The van der Waals surface area contributed by atoms with Crippen LogP contribution in [0.5, 0.6) is 0 Å². The van der Waals surface area contributed by atoms with Crippen LogP contribution in [0.1, 0.15) is 130 Å². The van der Waals surface area contributed by atoms with Crippen LogP contribution in [0.15, 0.2) is 12.7 Å². The molecular formula is C30H52. The summed E-state index contributed by atoms with van der Waals surface area (Å²) in [5.41, 5.74) is 1.87. The van der Waals surface area contributed by atoms with Gasteiger partial charge in [0.1, 0.15) is 0 Å². The van der Waals surface area contributed by atoms with Gasteiger partial charge in [-0.1, -0.05) is 59.5 Å². The molecule has 8 atom stereocenters. The highest BCUT2D eigenvalue weighted by Gasteiger charge is 2.59. The molecule has 4 aliphatic carbocycles. The van der Waals surface area contributed by atoms with E-state index in [9.17, 15) is 0 Å². The van der Waals surface area contributed by atoms with E-state index in [0.717, 1.165) is 29.6 Å². The Balaban J connectivity index is 1.39. The number of allylic oxidation sites excluding steroid dienone is 1. The first-order valence-corrected chi connectivity index (χ1v) is 14.0. The molecule has 30 heavy (non-hydrogen) atoms. The van der Waals surface area contributed by atoms with Crippen LogP contribution in [0, 0.1) is 45.8 Å². The minimum atomic E-state index is 0.501. The van der Waals surface area contributed by atoms with E-state index in [-0.39, 0.29) is 0 Å². The van der Waals surface area contributed by atoms with Crippen molar-refractivity contribution in [1.29, 1.82) is 0 Å². The van der Waals surface area contributed by atoms with Gasteiger partial charge in [0, 0.05) is 0 Å². The summed E-state index contributed by atoms with van der Waals surface area (Å²) in [6, 6.07) is 0. The van der Waals surface area contributed by atoms with Crippen LogP contribution in [-0.4, -0.2) is 0 Å². The lowest BCUT2D eigenvalue weighted by Crippen LogP contribution is -2.52. The summed E-state index contributed by atoms with van der Waals surface area (Å²) < 4.78 is 0. The van der Waals surface area contributed by atoms with Crippen molar-refractivity contribution in [2.24, 2.45) is 45.8 Å². The summed E-state index contributed by atoms with van der Waals surface area (Å²) in [5, 5.41) is 0. The number of rotatable bonds is 8. The van der Waals surface area contributed by atoms with E-state index < -0.39 is 0 Å². The molecule has 0 aliphatic heterocycles. The van der Waals surface area contributed by atoms with Crippen molar-refractivity contribution in [3.8, 4) is 0 Å². The second kappa shape index (κ2) is 8.94. The molecule has 4 aliphatic rings. The molecule has 0 heteroatoms. The minimum absolute atomic E-state index is 0.501. The Morgan fingerprint density at radius 1 is 0.900 bits per heavy atom. The van der Waals surface area contributed by atoms with Gasteiger partial charge >= 0.3 is 0 Å². The van der Waals surface area contributed by atoms with Gasteiger partial charge in [-0.05, 0) is 123 Å². The van der Waals surface area contributed by atoms with E-state index in [1.807, 2.05) is 0 Å². The first kappa shape index (κ1) is 22.9. The van der Waals surface area contributed by atoms with Crippen LogP contribution in [0.3, 0.4) is 0 Å². The zero-order chi connectivity index (χ0) is 21.4. The van der Waals surface area contributed by atoms with E-state index in [1.54, 1.807) is 44.9 Å². The van der Waals surface area contributed by atoms with Crippen molar-refractivity contribution in [3.05, 3.63) is 12.7 Å². The van der Waals surface area contributed by atoms with Gasteiger partial charge in [-0.25, -0.2) is 0 Å². The maximum Gasteiger partial charge on any atom is -0.0266 e. The quantitative estimate of drug-likeness (QED) is 0.348. The van der Waals surface area contributed by atoms with Crippen LogP contribution >= 0.6 is 0 Å². The van der Waals surface area contributed by atoms with E-state index in [0.29, 0.717) is 16.2 Å². The first-order valence-electron chi connectivity index (χ1n) is 14.0. The second-order valence-corrected chi connectivity index (χ2v) is 13.2. The van der Waals surface area contributed by atoms with E-state index in [4.69, 9.17) is 0 Å². The van der Waals surface area contributed by atoms with Crippen molar-refractivity contribution in [3.63, 3.8) is 0 Å². The Labute approximate surface area is 189 Å². The summed E-state index contributed by atoms with van der Waals surface area (Å²) in [5.74, 6) is 5.26. The van der Waals surface area contributed by atoms with Crippen molar-refractivity contribution in [2.75, 3.05) is 0 Å². The average molecular weight is 413 g/mol. The zero-order valence-electron chi connectivity index (χ0n) is 21.0. The SMILES string of the molecule is C=CCC(C)(CCC)CCCC1CCC2C3CCC4CCCCC4(C)C3CCC12C. The Kier molecular flexibility index (Phi) is 6.83. The van der Waals surface area contributed by atoms with Gasteiger partial charge in [-0.3, -0.25) is 0 Å². The second-order valence-electron chi connectivity index (χ2n) is 13.2. The first-order chi connectivity index (χ1) is 14.4. The third-order valence-corrected chi connectivity index (χ3v) is 11.6. The third-order valence-electron chi connectivity index (χ3n) is 11.6. The normalized spacial score (nSPS) is 45.1. The van der Waals surface area contributed by atoms with Crippen LogP contribution in [0.2, 0.25) is 0 Å². The molecule has 0 spiro atoms. The number of hydrogen-bond donors (Lipinski definition) is 0. The van der Waals surface area contributed by atoms with Gasteiger partial charge in [0.15, 0.2) is 0 Å². The lowest BCUT2D eigenvalue weighted by molar-refractivity contribution is -0.111. The van der Waals surface area contributed by atoms with Crippen LogP contribution < -0.4 is 0 Å². The molecule has 0 amide bonds. The molecule has 0 N–H and O–H groups in total. The molecule has 4 fully saturated rings. The van der Waals surface area contributed by atoms with Crippen LogP contribution in [0.25, 0.3) is 0 Å². The largest absolute Gasteiger partial charge is 0.103 e. The molecule has 0 radical (unpaired) electrons.